The van der Waals surface area contributed by atoms with Crippen molar-refractivity contribution in [1.29, 1.82) is 0 Å². The lowest BCUT2D eigenvalue weighted by Crippen LogP contribution is -2.40. The van der Waals surface area contributed by atoms with Crippen LogP contribution < -0.4 is 11.3 Å². The van der Waals surface area contributed by atoms with Crippen LogP contribution in [0, 0.1) is 0 Å². The van der Waals surface area contributed by atoms with Crippen molar-refractivity contribution in [3.8, 4) is 0 Å². The van der Waals surface area contributed by atoms with Crippen molar-refractivity contribution in [2.24, 2.45) is 5.73 Å². The largest absolute Gasteiger partial charge is 0.446 e. The van der Waals surface area contributed by atoms with E-state index in [1.54, 1.807) is 22.9 Å². The molecule has 0 spiro atoms. The van der Waals surface area contributed by atoms with Crippen LogP contribution in [-0.2, 0) is 11.3 Å². The van der Waals surface area contributed by atoms with Crippen molar-refractivity contribution in [1.82, 2.24) is 14.5 Å². The molecule has 0 atom stereocenters. The second-order valence-electron chi connectivity index (χ2n) is 5.71. The van der Waals surface area contributed by atoms with Crippen LogP contribution in [0.3, 0.4) is 0 Å². The van der Waals surface area contributed by atoms with E-state index in [1.807, 2.05) is 12.1 Å². The van der Waals surface area contributed by atoms with Crippen molar-refractivity contribution in [3.05, 3.63) is 40.8 Å². The highest BCUT2D eigenvalue weighted by Crippen LogP contribution is 2.14. The second-order valence-corrected chi connectivity index (χ2v) is 5.71. The first-order valence-corrected chi connectivity index (χ1v) is 7.76. The third-order valence-electron chi connectivity index (χ3n) is 4.21. The van der Waals surface area contributed by atoms with Crippen LogP contribution in [-0.4, -0.2) is 46.3 Å². The zero-order valence-electron chi connectivity index (χ0n) is 12.9. The van der Waals surface area contributed by atoms with E-state index in [-0.39, 0.29) is 11.7 Å². The first kappa shape index (κ1) is 15.5. The van der Waals surface area contributed by atoms with Crippen molar-refractivity contribution in [2.45, 2.75) is 25.5 Å². The number of nitrogens with zero attached hydrogens (tertiary/aromatic N) is 3. The van der Waals surface area contributed by atoms with Crippen LogP contribution in [0.4, 0.5) is 4.79 Å². The van der Waals surface area contributed by atoms with Gasteiger partial charge in [0, 0.05) is 38.4 Å². The molecule has 0 aliphatic carbocycles. The van der Waals surface area contributed by atoms with Gasteiger partial charge in [0.25, 0.3) is 5.56 Å². The van der Waals surface area contributed by atoms with Gasteiger partial charge in [-0.25, -0.2) is 4.79 Å². The van der Waals surface area contributed by atoms with Gasteiger partial charge in [-0.05, 0) is 31.0 Å². The van der Waals surface area contributed by atoms with Crippen molar-refractivity contribution >= 4 is 17.1 Å². The lowest BCUT2D eigenvalue weighted by Gasteiger charge is -2.31. The molecule has 0 bridgehead atoms. The molecule has 1 fully saturated rings. The summed E-state index contributed by atoms with van der Waals surface area (Å²) in [5.41, 5.74) is 6.70. The van der Waals surface area contributed by atoms with E-state index >= 15 is 0 Å². The smallest absolute Gasteiger partial charge is 0.404 e. The quantitative estimate of drug-likeness (QED) is 0.907. The van der Waals surface area contributed by atoms with E-state index in [2.05, 4.69) is 9.88 Å². The fourth-order valence-electron chi connectivity index (χ4n) is 3.01. The maximum absolute atomic E-state index is 12.1. The van der Waals surface area contributed by atoms with Gasteiger partial charge in [-0.15, -0.1) is 0 Å². The maximum Gasteiger partial charge on any atom is 0.404 e. The van der Waals surface area contributed by atoms with Gasteiger partial charge in [-0.1, -0.05) is 0 Å². The zero-order chi connectivity index (χ0) is 16.2. The standard InChI is InChI=1S/C16H20N4O3/c17-16(22)23-12-5-8-19(9-6-12)10-11-20-14-2-1-7-18-13(14)3-4-15(20)21/h1-4,7,12H,5-6,8-11H2,(H2,17,22). The Balaban J connectivity index is 1.63. The molecule has 1 saturated heterocycles. The van der Waals surface area contributed by atoms with Gasteiger partial charge in [-0.3, -0.25) is 9.78 Å². The predicted octanol–water partition coefficient (Wildman–Crippen LogP) is 0.956. The van der Waals surface area contributed by atoms with Gasteiger partial charge in [0.2, 0.25) is 0 Å². The van der Waals surface area contributed by atoms with Gasteiger partial charge < -0.3 is 19.9 Å². The number of carbonyl (C=O) groups is 1. The highest BCUT2D eigenvalue weighted by Gasteiger charge is 2.21. The van der Waals surface area contributed by atoms with Gasteiger partial charge in [0.15, 0.2) is 0 Å². The average molecular weight is 316 g/mol. The van der Waals surface area contributed by atoms with Crippen molar-refractivity contribution in [3.63, 3.8) is 0 Å². The monoisotopic (exact) mass is 316 g/mol. The highest BCUT2D eigenvalue weighted by molar-refractivity contribution is 5.73. The van der Waals surface area contributed by atoms with E-state index in [4.69, 9.17) is 10.5 Å². The number of hydrogen-bond donors (Lipinski definition) is 1. The van der Waals surface area contributed by atoms with E-state index in [0.29, 0.717) is 6.54 Å². The normalized spacial score (nSPS) is 16.5. The molecule has 7 nitrogen and oxygen atoms in total. The van der Waals surface area contributed by atoms with E-state index in [0.717, 1.165) is 43.5 Å². The number of amides is 1. The molecular formula is C16H20N4O3. The Kier molecular flexibility index (Phi) is 4.57. The summed E-state index contributed by atoms with van der Waals surface area (Å²) in [6.07, 6.45) is 2.47. The number of piperidine rings is 1. The van der Waals surface area contributed by atoms with E-state index in [1.165, 1.54) is 0 Å². The molecule has 23 heavy (non-hydrogen) atoms. The third kappa shape index (κ3) is 3.68. The summed E-state index contributed by atoms with van der Waals surface area (Å²) in [5.74, 6) is 0. The molecule has 2 aromatic rings. The minimum Gasteiger partial charge on any atom is -0.446 e. The Morgan fingerprint density at radius 1 is 1.26 bits per heavy atom. The Labute approximate surface area is 133 Å². The Bertz CT molecular complexity index is 750. The van der Waals surface area contributed by atoms with Crippen LogP contribution in [0.5, 0.6) is 0 Å². The molecular weight excluding hydrogens is 296 g/mol. The first-order valence-electron chi connectivity index (χ1n) is 7.76. The molecule has 0 saturated carbocycles. The molecule has 0 aromatic carbocycles. The number of ether oxygens (including phenoxy) is 1. The topological polar surface area (TPSA) is 90.5 Å². The molecule has 0 radical (unpaired) electrons. The van der Waals surface area contributed by atoms with Crippen molar-refractivity contribution in [2.75, 3.05) is 19.6 Å². The summed E-state index contributed by atoms with van der Waals surface area (Å²) >= 11 is 0. The number of fused-ring (bicyclic) bond motifs is 1. The fraction of sp³-hybridized carbons (Fsp3) is 0.438. The summed E-state index contributed by atoms with van der Waals surface area (Å²) in [7, 11) is 0. The molecule has 1 aliphatic heterocycles. The van der Waals surface area contributed by atoms with Crippen molar-refractivity contribution < 1.29 is 9.53 Å². The number of rotatable bonds is 4. The maximum atomic E-state index is 12.1. The summed E-state index contributed by atoms with van der Waals surface area (Å²) in [6, 6.07) is 7.06. The summed E-state index contributed by atoms with van der Waals surface area (Å²) < 4.78 is 6.79. The first-order chi connectivity index (χ1) is 11.1. The summed E-state index contributed by atoms with van der Waals surface area (Å²) in [4.78, 5) is 29.4. The van der Waals surface area contributed by atoms with Crippen LogP contribution in [0.15, 0.2) is 35.3 Å². The number of primary amides is 1. The van der Waals surface area contributed by atoms with E-state index in [9.17, 15) is 9.59 Å². The van der Waals surface area contributed by atoms with E-state index < -0.39 is 6.09 Å². The Hall–Kier alpha value is -2.41. The number of aromatic nitrogens is 2. The lowest BCUT2D eigenvalue weighted by atomic mass is 10.1. The fourth-order valence-corrected chi connectivity index (χ4v) is 3.01. The number of likely N-dealkylation sites (tertiary alicyclic amines) is 1. The molecule has 1 aliphatic rings. The number of carbonyl (C=O) groups excluding carboxylic acids is 1. The van der Waals surface area contributed by atoms with Gasteiger partial charge in [-0.2, -0.15) is 0 Å². The van der Waals surface area contributed by atoms with Crippen LogP contribution in [0.1, 0.15) is 12.8 Å². The molecule has 7 heteroatoms. The van der Waals surface area contributed by atoms with Crippen LogP contribution in [0.25, 0.3) is 11.0 Å². The van der Waals surface area contributed by atoms with Gasteiger partial charge in [0.1, 0.15) is 6.10 Å². The molecule has 1 amide bonds. The SMILES string of the molecule is NC(=O)OC1CCN(CCn2c(=O)ccc3ncccc32)CC1. The average Bonchev–Trinajstić information content (AvgIpc) is 2.55. The lowest BCUT2D eigenvalue weighted by molar-refractivity contribution is 0.0554. The molecule has 2 N–H and O–H groups in total. The predicted molar refractivity (Wildman–Crippen MR) is 86.1 cm³/mol. The van der Waals surface area contributed by atoms with Gasteiger partial charge >= 0.3 is 6.09 Å². The molecule has 3 heterocycles. The number of hydrogen-bond acceptors (Lipinski definition) is 5. The third-order valence-corrected chi connectivity index (χ3v) is 4.21. The number of pyridine rings is 2. The Morgan fingerprint density at radius 3 is 2.78 bits per heavy atom. The molecule has 122 valence electrons. The molecule has 0 unspecified atom stereocenters. The minimum atomic E-state index is -0.710. The minimum absolute atomic E-state index is 0.0163. The highest BCUT2D eigenvalue weighted by atomic mass is 16.6. The summed E-state index contributed by atoms with van der Waals surface area (Å²) in [5, 5.41) is 0. The van der Waals surface area contributed by atoms with Crippen LogP contribution >= 0.6 is 0 Å². The zero-order valence-corrected chi connectivity index (χ0v) is 12.9. The molecule has 2 aromatic heterocycles. The Morgan fingerprint density at radius 2 is 2.04 bits per heavy atom. The number of nitrogens with two attached hydrogens (primary N) is 1. The second kappa shape index (κ2) is 6.78. The summed E-state index contributed by atoms with van der Waals surface area (Å²) in [6.45, 7) is 3.05. The van der Waals surface area contributed by atoms with Crippen LogP contribution in [0.2, 0.25) is 0 Å². The molecule has 3 rings (SSSR count). The van der Waals surface area contributed by atoms with Gasteiger partial charge in [0.05, 0.1) is 11.0 Å².